The van der Waals surface area contributed by atoms with Crippen LogP contribution in [0.5, 0.6) is 5.75 Å². The van der Waals surface area contributed by atoms with Crippen LogP contribution in [0.2, 0.25) is 10.2 Å². The summed E-state index contributed by atoms with van der Waals surface area (Å²) in [6.07, 6.45) is 1.24. The van der Waals surface area contributed by atoms with Crippen molar-refractivity contribution in [2.24, 2.45) is 7.05 Å². The second-order valence-corrected chi connectivity index (χ2v) is 6.44. The molecule has 0 bridgehead atoms. The van der Waals surface area contributed by atoms with Crippen LogP contribution in [-0.4, -0.2) is 24.6 Å². The van der Waals surface area contributed by atoms with Gasteiger partial charge in [0.15, 0.2) is 0 Å². The average Bonchev–Trinajstić information content (AvgIpc) is 2.73. The number of nitrogens with zero attached hydrogens (tertiary/aromatic N) is 2. The number of hydrogen-bond donors (Lipinski definition) is 1. The molecular formula is C11H9Cl2F2N3O3S. The Labute approximate surface area is 134 Å². The predicted molar refractivity (Wildman–Crippen MR) is 77.1 cm³/mol. The summed E-state index contributed by atoms with van der Waals surface area (Å²) in [7, 11) is -2.51. The minimum atomic E-state index is -4.04. The van der Waals surface area contributed by atoms with Gasteiger partial charge in [-0.2, -0.15) is 17.2 Å². The fourth-order valence-electron chi connectivity index (χ4n) is 1.53. The molecule has 0 aliphatic rings. The number of sulfonamides is 1. The van der Waals surface area contributed by atoms with Gasteiger partial charge in [0.2, 0.25) is 5.03 Å². The largest absolute Gasteiger partial charge is 0.433 e. The third-order valence-electron chi connectivity index (χ3n) is 2.49. The second kappa shape index (κ2) is 6.27. The number of hydrogen-bond acceptors (Lipinski definition) is 4. The van der Waals surface area contributed by atoms with Crippen LogP contribution in [0.3, 0.4) is 0 Å². The highest BCUT2D eigenvalue weighted by Crippen LogP contribution is 2.30. The van der Waals surface area contributed by atoms with Crippen molar-refractivity contribution in [3.05, 3.63) is 34.7 Å². The van der Waals surface area contributed by atoms with E-state index in [-0.39, 0.29) is 26.6 Å². The van der Waals surface area contributed by atoms with Crippen molar-refractivity contribution >= 4 is 38.9 Å². The summed E-state index contributed by atoms with van der Waals surface area (Å²) in [6.45, 7) is -3.03. The number of anilines is 1. The molecule has 0 aliphatic heterocycles. The molecular weight excluding hydrogens is 363 g/mol. The van der Waals surface area contributed by atoms with E-state index in [1.54, 1.807) is 0 Å². The minimum Gasteiger partial charge on any atom is -0.433 e. The predicted octanol–water partition coefficient (Wildman–Crippen LogP) is 3.13. The summed E-state index contributed by atoms with van der Waals surface area (Å²) in [5.41, 5.74) is 0.0494. The average molecular weight is 372 g/mol. The number of aromatic nitrogens is 2. The number of benzene rings is 1. The van der Waals surface area contributed by atoms with Crippen molar-refractivity contribution in [1.82, 2.24) is 9.55 Å². The lowest BCUT2D eigenvalue weighted by Crippen LogP contribution is -2.14. The Morgan fingerprint density at radius 2 is 2.05 bits per heavy atom. The molecule has 0 atom stereocenters. The molecule has 1 N–H and O–H groups in total. The zero-order chi connectivity index (χ0) is 16.5. The van der Waals surface area contributed by atoms with Gasteiger partial charge in [-0.05, 0) is 18.2 Å². The third-order valence-corrected chi connectivity index (χ3v) is 4.65. The highest BCUT2D eigenvalue weighted by Gasteiger charge is 2.23. The Bertz CT molecular complexity index is 796. The van der Waals surface area contributed by atoms with Crippen molar-refractivity contribution < 1.29 is 21.9 Å². The Morgan fingerprint density at radius 1 is 1.36 bits per heavy atom. The van der Waals surface area contributed by atoms with Crippen LogP contribution in [-0.2, 0) is 17.1 Å². The number of alkyl halides is 2. The van der Waals surface area contributed by atoms with Crippen LogP contribution in [0, 0.1) is 0 Å². The molecule has 6 nitrogen and oxygen atoms in total. The standard InChI is InChI=1S/C11H9Cl2F2N3O3S/c1-18-5-16-10(9(18)13)22(19,20)17-6-2-3-8(7(12)4-6)21-11(14)15/h2-5,11,17H,1H3. The van der Waals surface area contributed by atoms with Crippen LogP contribution >= 0.6 is 23.2 Å². The monoisotopic (exact) mass is 371 g/mol. The van der Waals surface area contributed by atoms with Gasteiger partial charge < -0.3 is 9.30 Å². The maximum atomic E-state index is 12.1. The van der Waals surface area contributed by atoms with E-state index >= 15 is 0 Å². The van der Waals surface area contributed by atoms with Gasteiger partial charge in [-0.25, -0.2) is 4.98 Å². The normalized spacial score (nSPS) is 11.7. The van der Waals surface area contributed by atoms with Crippen molar-refractivity contribution in [2.75, 3.05) is 4.72 Å². The van der Waals surface area contributed by atoms with Crippen LogP contribution in [0.4, 0.5) is 14.5 Å². The third kappa shape index (κ3) is 3.60. The number of imidazole rings is 1. The number of halogens is 4. The summed E-state index contributed by atoms with van der Waals surface area (Å²) in [5.74, 6) is -0.268. The lowest BCUT2D eigenvalue weighted by molar-refractivity contribution is -0.0497. The molecule has 0 unspecified atom stereocenters. The Morgan fingerprint density at radius 3 is 2.55 bits per heavy atom. The van der Waals surface area contributed by atoms with Gasteiger partial charge in [0.25, 0.3) is 10.0 Å². The second-order valence-electron chi connectivity index (χ2n) is 4.08. The van der Waals surface area contributed by atoms with Crippen LogP contribution < -0.4 is 9.46 Å². The van der Waals surface area contributed by atoms with E-state index in [0.29, 0.717) is 0 Å². The molecule has 2 rings (SSSR count). The fraction of sp³-hybridized carbons (Fsp3) is 0.182. The summed E-state index contributed by atoms with van der Waals surface area (Å²) in [4.78, 5) is 3.69. The minimum absolute atomic E-state index is 0.0494. The quantitative estimate of drug-likeness (QED) is 0.875. The highest BCUT2D eigenvalue weighted by atomic mass is 35.5. The first-order valence-electron chi connectivity index (χ1n) is 5.64. The van der Waals surface area contributed by atoms with E-state index < -0.39 is 16.6 Å². The molecule has 0 amide bonds. The van der Waals surface area contributed by atoms with E-state index in [1.165, 1.54) is 24.0 Å². The first-order chi connectivity index (χ1) is 10.2. The summed E-state index contributed by atoms with van der Waals surface area (Å²) >= 11 is 11.6. The Kier molecular flexibility index (Phi) is 4.78. The van der Waals surface area contributed by atoms with Crippen molar-refractivity contribution in [3.63, 3.8) is 0 Å². The van der Waals surface area contributed by atoms with Gasteiger partial charge >= 0.3 is 6.61 Å². The number of nitrogens with one attached hydrogen (secondary N) is 1. The van der Waals surface area contributed by atoms with E-state index in [0.717, 1.165) is 12.1 Å². The lowest BCUT2D eigenvalue weighted by atomic mass is 10.3. The molecule has 1 aromatic heterocycles. The molecule has 0 aliphatic carbocycles. The molecule has 0 saturated heterocycles. The number of aryl methyl sites for hydroxylation is 1. The smallest absolute Gasteiger partial charge is 0.387 e. The maximum Gasteiger partial charge on any atom is 0.387 e. The van der Waals surface area contributed by atoms with Gasteiger partial charge in [0, 0.05) is 7.05 Å². The first-order valence-corrected chi connectivity index (χ1v) is 7.88. The molecule has 120 valence electrons. The maximum absolute atomic E-state index is 12.1. The lowest BCUT2D eigenvalue weighted by Gasteiger charge is -2.10. The summed E-state index contributed by atoms with van der Waals surface area (Å²) in [6, 6.07) is 3.47. The molecule has 0 saturated carbocycles. The van der Waals surface area contributed by atoms with E-state index in [2.05, 4.69) is 14.4 Å². The molecule has 0 spiro atoms. The van der Waals surface area contributed by atoms with Crippen molar-refractivity contribution in [3.8, 4) is 5.75 Å². The fourth-order valence-corrected chi connectivity index (χ4v) is 3.24. The number of rotatable bonds is 5. The Balaban J connectivity index is 2.27. The van der Waals surface area contributed by atoms with Gasteiger partial charge in [-0.1, -0.05) is 23.2 Å². The van der Waals surface area contributed by atoms with Crippen LogP contribution in [0.25, 0.3) is 0 Å². The molecule has 1 aromatic carbocycles. The summed E-state index contributed by atoms with van der Waals surface area (Å²) < 4.78 is 56.2. The topological polar surface area (TPSA) is 73.2 Å². The molecule has 0 fully saturated rings. The molecule has 0 radical (unpaired) electrons. The van der Waals surface area contributed by atoms with Crippen molar-refractivity contribution in [2.45, 2.75) is 11.6 Å². The highest BCUT2D eigenvalue weighted by molar-refractivity contribution is 7.92. The van der Waals surface area contributed by atoms with E-state index in [9.17, 15) is 17.2 Å². The Hall–Kier alpha value is -1.58. The van der Waals surface area contributed by atoms with Gasteiger partial charge in [0.1, 0.15) is 10.9 Å². The zero-order valence-corrected chi connectivity index (χ0v) is 13.3. The molecule has 22 heavy (non-hydrogen) atoms. The van der Waals surface area contributed by atoms with Crippen molar-refractivity contribution in [1.29, 1.82) is 0 Å². The SMILES string of the molecule is Cn1cnc(S(=O)(=O)Nc2ccc(OC(F)F)c(Cl)c2)c1Cl. The van der Waals surface area contributed by atoms with Gasteiger partial charge in [-0.3, -0.25) is 4.72 Å². The number of ether oxygens (including phenoxy) is 1. The molecule has 11 heteroatoms. The zero-order valence-electron chi connectivity index (χ0n) is 10.9. The molecule has 1 heterocycles. The summed E-state index contributed by atoms with van der Waals surface area (Å²) in [5, 5.41) is -0.607. The van der Waals surface area contributed by atoms with E-state index in [4.69, 9.17) is 23.2 Å². The van der Waals surface area contributed by atoms with Gasteiger partial charge in [0.05, 0.1) is 17.0 Å². The van der Waals surface area contributed by atoms with Crippen LogP contribution in [0.1, 0.15) is 0 Å². The van der Waals surface area contributed by atoms with E-state index in [1.807, 2.05) is 0 Å². The molecule has 2 aromatic rings. The van der Waals surface area contributed by atoms with Crippen LogP contribution in [0.15, 0.2) is 29.6 Å². The van der Waals surface area contributed by atoms with Gasteiger partial charge in [-0.15, -0.1) is 0 Å². The first kappa shape index (κ1) is 16.8.